The van der Waals surface area contributed by atoms with E-state index >= 15 is 0 Å². The minimum atomic E-state index is -0.443. The van der Waals surface area contributed by atoms with Gasteiger partial charge in [0.15, 0.2) is 6.10 Å². The Balaban J connectivity index is 0.00000484. The number of nitrogens with two attached hydrogens (primary N) is 1. The summed E-state index contributed by atoms with van der Waals surface area (Å²) in [6.45, 7) is 8.81. The molecule has 23 heavy (non-hydrogen) atoms. The van der Waals surface area contributed by atoms with Gasteiger partial charge in [0.05, 0.1) is 0 Å². The van der Waals surface area contributed by atoms with Crippen LogP contribution in [0.2, 0.25) is 0 Å². The number of amides is 1. The summed E-state index contributed by atoms with van der Waals surface area (Å²) >= 11 is 0. The highest BCUT2D eigenvalue weighted by Gasteiger charge is 2.23. The molecule has 1 aromatic carbocycles. The van der Waals surface area contributed by atoms with E-state index in [1.807, 2.05) is 45.2 Å². The zero-order valence-electron chi connectivity index (χ0n) is 14.9. The molecule has 1 rings (SSSR count). The van der Waals surface area contributed by atoms with Crippen LogP contribution < -0.4 is 10.5 Å². The maximum Gasteiger partial charge on any atom is 0.263 e. The third kappa shape index (κ3) is 6.80. The molecule has 0 aromatic heterocycles. The highest BCUT2D eigenvalue weighted by atomic mass is 35.5. The van der Waals surface area contributed by atoms with Crippen molar-refractivity contribution in [3.05, 3.63) is 29.8 Å². The van der Waals surface area contributed by atoms with Crippen LogP contribution in [0.3, 0.4) is 0 Å². The molecule has 0 saturated carbocycles. The van der Waals surface area contributed by atoms with E-state index in [-0.39, 0.29) is 24.4 Å². The minimum Gasteiger partial charge on any atom is -0.480 e. The Morgan fingerprint density at radius 1 is 1.30 bits per heavy atom. The predicted molar refractivity (Wildman–Crippen MR) is 98.2 cm³/mol. The van der Waals surface area contributed by atoms with Gasteiger partial charge in [0.2, 0.25) is 0 Å². The molecule has 2 atom stereocenters. The number of rotatable bonds is 8. The number of hydrogen-bond acceptors (Lipinski definition) is 3. The van der Waals surface area contributed by atoms with Gasteiger partial charge < -0.3 is 15.4 Å². The van der Waals surface area contributed by atoms with Crippen LogP contribution >= 0.6 is 12.4 Å². The van der Waals surface area contributed by atoms with Crippen molar-refractivity contribution in [2.45, 2.75) is 52.7 Å². The summed E-state index contributed by atoms with van der Waals surface area (Å²) in [7, 11) is 1.82. The van der Waals surface area contributed by atoms with E-state index in [1.165, 1.54) is 0 Å². The van der Waals surface area contributed by atoms with Crippen molar-refractivity contribution in [1.29, 1.82) is 0 Å². The Bertz CT molecular complexity index is 480. The lowest BCUT2D eigenvalue weighted by molar-refractivity contribution is -0.137. The number of halogens is 1. The zero-order chi connectivity index (χ0) is 16.7. The SMILES string of the molecule is CCC(Oc1ccccc1C)C(=O)N(C)CCC(N)C(C)C.Cl. The number of ether oxygens (including phenoxy) is 1. The average molecular weight is 343 g/mol. The molecule has 0 fully saturated rings. The first-order valence-corrected chi connectivity index (χ1v) is 8.09. The van der Waals surface area contributed by atoms with Crippen molar-refractivity contribution in [1.82, 2.24) is 4.90 Å². The van der Waals surface area contributed by atoms with Gasteiger partial charge in [-0.25, -0.2) is 0 Å². The minimum absolute atomic E-state index is 0. The summed E-state index contributed by atoms with van der Waals surface area (Å²) in [5.74, 6) is 1.21. The van der Waals surface area contributed by atoms with Gasteiger partial charge in [-0.05, 0) is 37.3 Å². The third-order valence-corrected chi connectivity index (χ3v) is 4.04. The molecule has 2 N–H and O–H groups in total. The summed E-state index contributed by atoms with van der Waals surface area (Å²) in [4.78, 5) is 14.3. The Kier molecular flexibility index (Phi) is 9.93. The van der Waals surface area contributed by atoms with E-state index in [2.05, 4.69) is 13.8 Å². The molecule has 4 nitrogen and oxygen atoms in total. The van der Waals surface area contributed by atoms with Gasteiger partial charge in [-0.1, -0.05) is 39.0 Å². The van der Waals surface area contributed by atoms with Crippen LogP contribution in [0.4, 0.5) is 0 Å². The predicted octanol–water partition coefficient (Wildman–Crippen LogP) is 3.41. The average Bonchev–Trinajstić information content (AvgIpc) is 2.50. The molecular formula is C18H31ClN2O2. The molecule has 0 spiro atoms. The number of carbonyl (C=O) groups excluding carboxylic acids is 1. The number of benzene rings is 1. The van der Waals surface area contributed by atoms with E-state index in [0.29, 0.717) is 18.9 Å². The quantitative estimate of drug-likeness (QED) is 0.787. The molecule has 1 amide bonds. The monoisotopic (exact) mass is 342 g/mol. The van der Waals surface area contributed by atoms with E-state index in [0.717, 1.165) is 17.7 Å². The number of likely N-dealkylation sites (N-methyl/N-ethyl adjacent to an activating group) is 1. The largest absolute Gasteiger partial charge is 0.480 e. The van der Waals surface area contributed by atoms with Gasteiger partial charge in [-0.3, -0.25) is 4.79 Å². The molecule has 0 aliphatic carbocycles. The van der Waals surface area contributed by atoms with Crippen molar-refractivity contribution in [2.75, 3.05) is 13.6 Å². The highest BCUT2D eigenvalue weighted by Crippen LogP contribution is 2.19. The van der Waals surface area contributed by atoms with E-state index in [4.69, 9.17) is 10.5 Å². The van der Waals surface area contributed by atoms with E-state index in [1.54, 1.807) is 4.90 Å². The number of nitrogens with zero attached hydrogens (tertiary/aromatic N) is 1. The number of carbonyl (C=O) groups is 1. The molecular weight excluding hydrogens is 312 g/mol. The first kappa shape index (κ1) is 21.7. The summed E-state index contributed by atoms with van der Waals surface area (Å²) in [6.07, 6.45) is 1.01. The van der Waals surface area contributed by atoms with Crippen LogP contribution in [-0.4, -0.2) is 36.5 Å². The molecule has 0 bridgehead atoms. The van der Waals surface area contributed by atoms with Gasteiger partial charge >= 0.3 is 0 Å². The Labute approximate surface area is 146 Å². The van der Waals surface area contributed by atoms with Crippen LogP contribution in [0.5, 0.6) is 5.75 Å². The summed E-state index contributed by atoms with van der Waals surface area (Å²) in [6, 6.07) is 7.89. The van der Waals surface area contributed by atoms with Gasteiger partial charge in [-0.2, -0.15) is 0 Å². The topological polar surface area (TPSA) is 55.6 Å². The molecule has 0 radical (unpaired) electrons. The van der Waals surface area contributed by atoms with Crippen LogP contribution in [0, 0.1) is 12.8 Å². The van der Waals surface area contributed by atoms with Gasteiger partial charge in [-0.15, -0.1) is 12.4 Å². The second kappa shape index (κ2) is 10.5. The summed E-state index contributed by atoms with van der Waals surface area (Å²) in [5.41, 5.74) is 7.09. The number of aryl methyl sites for hydroxylation is 1. The smallest absolute Gasteiger partial charge is 0.263 e. The second-order valence-electron chi connectivity index (χ2n) is 6.24. The van der Waals surface area contributed by atoms with Crippen molar-refractivity contribution >= 4 is 18.3 Å². The van der Waals surface area contributed by atoms with Crippen molar-refractivity contribution in [3.63, 3.8) is 0 Å². The Hall–Kier alpha value is -1.26. The van der Waals surface area contributed by atoms with Crippen LogP contribution in [0.25, 0.3) is 0 Å². The van der Waals surface area contributed by atoms with Crippen LogP contribution in [0.1, 0.15) is 39.2 Å². The van der Waals surface area contributed by atoms with Crippen molar-refractivity contribution in [2.24, 2.45) is 11.7 Å². The first-order valence-electron chi connectivity index (χ1n) is 8.09. The maximum absolute atomic E-state index is 12.5. The summed E-state index contributed by atoms with van der Waals surface area (Å²) < 4.78 is 5.91. The van der Waals surface area contributed by atoms with Gasteiger partial charge in [0.25, 0.3) is 5.91 Å². The van der Waals surface area contributed by atoms with Gasteiger partial charge in [0, 0.05) is 19.6 Å². The van der Waals surface area contributed by atoms with Crippen molar-refractivity contribution < 1.29 is 9.53 Å². The Morgan fingerprint density at radius 3 is 2.43 bits per heavy atom. The van der Waals surface area contributed by atoms with Crippen LogP contribution in [0.15, 0.2) is 24.3 Å². The maximum atomic E-state index is 12.5. The number of para-hydroxylation sites is 1. The van der Waals surface area contributed by atoms with Gasteiger partial charge in [0.1, 0.15) is 5.75 Å². The molecule has 0 saturated heterocycles. The van der Waals surface area contributed by atoms with E-state index in [9.17, 15) is 4.79 Å². The Morgan fingerprint density at radius 2 is 1.91 bits per heavy atom. The molecule has 0 heterocycles. The lowest BCUT2D eigenvalue weighted by Gasteiger charge is -2.26. The normalized spacial score (nSPS) is 13.2. The van der Waals surface area contributed by atoms with Crippen LogP contribution in [-0.2, 0) is 4.79 Å². The standard InChI is InChI=1S/C18H30N2O2.ClH/c1-6-16(22-17-10-8-7-9-14(17)4)18(21)20(5)12-11-15(19)13(2)3;/h7-10,13,15-16H,6,11-12,19H2,1-5H3;1H. The first-order chi connectivity index (χ1) is 10.4. The lowest BCUT2D eigenvalue weighted by atomic mass is 10.0. The third-order valence-electron chi connectivity index (χ3n) is 4.04. The molecule has 2 unspecified atom stereocenters. The second-order valence-corrected chi connectivity index (χ2v) is 6.24. The fourth-order valence-electron chi connectivity index (χ4n) is 2.18. The fourth-order valence-corrected chi connectivity index (χ4v) is 2.18. The number of hydrogen-bond donors (Lipinski definition) is 1. The fraction of sp³-hybridized carbons (Fsp3) is 0.611. The molecule has 0 aliphatic rings. The molecule has 1 aromatic rings. The molecule has 0 aliphatic heterocycles. The zero-order valence-corrected chi connectivity index (χ0v) is 15.7. The highest BCUT2D eigenvalue weighted by molar-refractivity contribution is 5.85. The lowest BCUT2D eigenvalue weighted by Crippen LogP contribution is -2.41. The summed E-state index contributed by atoms with van der Waals surface area (Å²) in [5, 5.41) is 0. The van der Waals surface area contributed by atoms with Crippen molar-refractivity contribution in [3.8, 4) is 5.75 Å². The molecule has 5 heteroatoms. The molecule has 132 valence electrons. The van der Waals surface area contributed by atoms with E-state index < -0.39 is 6.10 Å².